The van der Waals surface area contributed by atoms with E-state index in [0.29, 0.717) is 0 Å². The average molecular weight is 245 g/mol. The SMILES string of the molecule is CC(C)[C@@H](N[S+]([O-])C(C)(C)C)C(F)(F)F. The maximum absolute atomic E-state index is 12.5. The third-order valence-electron chi connectivity index (χ3n) is 1.81. The Morgan fingerprint density at radius 1 is 1.13 bits per heavy atom. The van der Waals surface area contributed by atoms with E-state index in [4.69, 9.17) is 0 Å². The highest BCUT2D eigenvalue weighted by atomic mass is 32.2. The summed E-state index contributed by atoms with van der Waals surface area (Å²) in [7, 11) is 0. The molecule has 0 aromatic carbocycles. The summed E-state index contributed by atoms with van der Waals surface area (Å²) in [4.78, 5) is 0. The molecule has 2 atom stereocenters. The van der Waals surface area contributed by atoms with E-state index in [2.05, 4.69) is 4.72 Å². The molecule has 0 aliphatic heterocycles. The van der Waals surface area contributed by atoms with Crippen LogP contribution in [0.1, 0.15) is 34.6 Å². The van der Waals surface area contributed by atoms with Crippen molar-refractivity contribution >= 4 is 11.4 Å². The van der Waals surface area contributed by atoms with Gasteiger partial charge in [0, 0.05) is 11.4 Å². The maximum Gasteiger partial charge on any atom is 0.408 e. The van der Waals surface area contributed by atoms with Crippen molar-refractivity contribution in [3.8, 4) is 0 Å². The number of hydrogen-bond acceptors (Lipinski definition) is 2. The highest BCUT2D eigenvalue weighted by Crippen LogP contribution is 2.27. The summed E-state index contributed by atoms with van der Waals surface area (Å²) in [6.07, 6.45) is -4.37. The van der Waals surface area contributed by atoms with E-state index in [1.165, 1.54) is 13.8 Å². The van der Waals surface area contributed by atoms with Crippen LogP contribution in [-0.2, 0) is 11.4 Å². The van der Waals surface area contributed by atoms with Crippen molar-refractivity contribution in [2.24, 2.45) is 5.92 Å². The fraction of sp³-hybridized carbons (Fsp3) is 1.00. The van der Waals surface area contributed by atoms with Crippen molar-refractivity contribution < 1.29 is 17.7 Å². The number of alkyl halides is 3. The molecule has 92 valence electrons. The third kappa shape index (κ3) is 5.08. The van der Waals surface area contributed by atoms with E-state index in [1.54, 1.807) is 20.8 Å². The molecule has 0 spiro atoms. The van der Waals surface area contributed by atoms with Gasteiger partial charge in [-0.2, -0.15) is 13.2 Å². The molecule has 0 aliphatic carbocycles. The Kier molecular flexibility index (Phi) is 4.95. The molecule has 1 unspecified atom stereocenters. The second-order valence-electron chi connectivity index (χ2n) is 4.76. The van der Waals surface area contributed by atoms with Gasteiger partial charge >= 0.3 is 6.18 Å². The predicted octanol–water partition coefficient (Wildman–Crippen LogP) is 2.63. The first-order chi connectivity index (χ1) is 6.46. The molecular formula is C9H18F3NOS. The van der Waals surface area contributed by atoms with Crippen molar-refractivity contribution in [1.29, 1.82) is 0 Å². The fourth-order valence-corrected chi connectivity index (χ4v) is 1.86. The van der Waals surface area contributed by atoms with Crippen LogP contribution < -0.4 is 4.72 Å². The van der Waals surface area contributed by atoms with Crippen LogP contribution in [0, 0.1) is 5.92 Å². The lowest BCUT2D eigenvalue weighted by Crippen LogP contribution is -2.53. The minimum atomic E-state index is -4.37. The molecule has 1 N–H and O–H groups in total. The Morgan fingerprint density at radius 3 is 1.73 bits per heavy atom. The van der Waals surface area contributed by atoms with Crippen molar-refractivity contribution in [3.05, 3.63) is 0 Å². The number of hydrogen-bond donors (Lipinski definition) is 1. The van der Waals surface area contributed by atoms with Crippen LogP contribution in [0.3, 0.4) is 0 Å². The van der Waals surface area contributed by atoms with Gasteiger partial charge in [-0.05, 0) is 26.7 Å². The molecule has 0 heterocycles. The molecule has 0 aliphatic rings. The zero-order chi connectivity index (χ0) is 12.4. The first-order valence-corrected chi connectivity index (χ1v) is 5.86. The van der Waals surface area contributed by atoms with Gasteiger partial charge in [0.25, 0.3) is 0 Å². The van der Waals surface area contributed by atoms with Crippen LogP contribution in [0.15, 0.2) is 0 Å². The van der Waals surface area contributed by atoms with Gasteiger partial charge in [-0.1, -0.05) is 13.8 Å². The molecule has 6 heteroatoms. The van der Waals surface area contributed by atoms with Crippen LogP contribution >= 0.6 is 0 Å². The standard InChI is InChI=1S/C9H18F3NOS/c1-6(2)7(9(10,11)12)13-15(14)8(3,4)5/h6-7,13H,1-5H3/t7-,15?/m1/s1. The van der Waals surface area contributed by atoms with Gasteiger partial charge in [-0.25, -0.2) is 0 Å². The van der Waals surface area contributed by atoms with Crippen molar-refractivity contribution in [2.75, 3.05) is 0 Å². The zero-order valence-electron chi connectivity index (χ0n) is 9.61. The smallest absolute Gasteiger partial charge is 0.408 e. The minimum absolute atomic E-state index is 0.642. The van der Waals surface area contributed by atoms with Gasteiger partial charge in [0.2, 0.25) is 0 Å². The predicted molar refractivity (Wildman–Crippen MR) is 55.7 cm³/mol. The molecule has 0 amide bonds. The monoisotopic (exact) mass is 245 g/mol. The zero-order valence-corrected chi connectivity index (χ0v) is 10.4. The Hall–Kier alpha value is 0.0600. The molecule has 15 heavy (non-hydrogen) atoms. The summed E-state index contributed by atoms with van der Waals surface area (Å²) in [5.41, 5.74) is 0. The molecule has 2 nitrogen and oxygen atoms in total. The molecule has 0 saturated heterocycles. The van der Waals surface area contributed by atoms with Crippen molar-refractivity contribution in [3.63, 3.8) is 0 Å². The highest BCUT2D eigenvalue weighted by Gasteiger charge is 2.46. The molecule has 0 aromatic rings. The molecule has 0 bridgehead atoms. The largest absolute Gasteiger partial charge is 0.598 e. The van der Waals surface area contributed by atoms with Gasteiger partial charge in [0.1, 0.15) is 4.75 Å². The first-order valence-electron chi connectivity index (χ1n) is 4.71. The summed E-state index contributed by atoms with van der Waals surface area (Å²) in [5, 5.41) is 0. The summed E-state index contributed by atoms with van der Waals surface area (Å²) < 4.78 is 50.5. The molecule has 0 saturated carbocycles. The Bertz CT molecular complexity index is 201. The molecule has 0 rings (SSSR count). The quantitative estimate of drug-likeness (QED) is 0.776. The Morgan fingerprint density at radius 2 is 1.53 bits per heavy atom. The van der Waals surface area contributed by atoms with Gasteiger partial charge in [0.15, 0.2) is 6.04 Å². The van der Waals surface area contributed by atoms with Gasteiger partial charge < -0.3 is 4.55 Å². The van der Waals surface area contributed by atoms with Gasteiger partial charge in [0.05, 0.1) is 0 Å². The Labute approximate surface area is 91.9 Å². The van der Waals surface area contributed by atoms with Crippen LogP contribution in [0.4, 0.5) is 13.2 Å². The van der Waals surface area contributed by atoms with Crippen LogP contribution in [0.25, 0.3) is 0 Å². The van der Waals surface area contributed by atoms with E-state index in [-0.39, 0.29) is 0 Å². The van der Waals surface area contributed by atoms with E-state index in [0.717, 1.165) is 0 Å². The van der Waals surface area contributed by atoms with E-state index in [1.807, 2.05) is 0 Å². The minimum Gasteiger partial charge on any atom is -0.598 e. The summed E-state index contributed by atoms with van der Waals surface area (Å²) in [6.45, 7) is 7.79. The summed E-state index contributed by atoms with van der Waals surface area (Å²) in [5.74, 6) is -0.642. The lowest BCUT2D eigenvalue weighted by atomic mass is 10.1. The van der Waals surface area contributed by atoms with Crippen LogP contribution in [-0.4, -0.2) is 21.5 Å². The molecule has 0 fully saturated rings. The first kappa shape index (κ1) is 15.1. The molecule has 0 radical (unpaired) electrons. The average Bonchev–Trinajstić information content (AvgIpc) is 1.94. The lowest BCUT2D eigenvalue weighted by Gasteiger charge is -2.30. The van der Waals surface area contributed by atoms with Gasteiger partial charge in [-0.3, -0.25) is 0 Å². The fourth-order valence-electron chi connectivity index (χ4n) is 0.873. The topological polar surface area (TPSA) is 35.1 Å². The van der Waals surface area contributed by atoms with Crippen molar-refractivity contribution in [2.45, 2.75) is 51.6 Å². The lowest BCUT2D eigenvalue weighted by molar-refractivity contribution is -0.160. The molecule has 0 aromatic heterocycles. The highest BCUT2D eigenvalue weighted by molar-refractivity contribution is 7.90. The summed E-state index contributed by atoms with van der Waals surface area (Å²) in [6, 6.07) is -1.72. The van der Waals surface area contributed by atoms with Crippen molar-refractivity contribution in [1.82, 2.24) is 4.72 Å². The normalized spacial score (nSPS) is 18.0. The number of halogens is 3. The van der Waals surface area contributed by atoms with E-state index in [9.17, 15) is 17.7 Å². The van der Waals surface area contributed by atoms with Crippen LogP contribution in [0.2, 0.25) is 0 Å². The molecular weight excluding hydrogens is 227 g/mol. The summed E-state index contributed by atoms with van der Waals surface area (Å²) >= 11 is -1.70. The second-order valence-corrected chi connectivity index (χ2v) is 6.76. The van der Waals surface area contributed by atoms with E-state index >= 15 is 0 Å². The van der Waals surface area contributed by atoms with Gasteiger partial charge in [-0.15, -0.1) is 4.72 Å². The van der Waals surface area contributed by atoms with E-state index < -0.39 is 34.2 Å². The number of rotatable bonds is 3. The maximum atomic E-state index is 12.5. The third-order valence-corrected chi connectivity index (χ3v) is 3.39. The Balaban J connectivity index is 4.58. The second kappa shape index (κ2) is 4.93. The van der Waals surface area contributed by atoms with Crippen LogP contribution in [0.5, 0.6) is 0 Å². The number of nitrogens with one attached hydrogen (secondary N) is 1.